The molecule has 0 N–H and O–H groups in total. The molecule has 0 radical (unpaired) electrons. The first-order chi connectivity index (χ1) is 13.0. The quantitative estimate of drug-likeness (QED) is 0.431. The van der Waals surface area contributed by atoms with Gasteiger partial charge in [-0.25, -0.2) is 0 Å². The summed E-state index contributed by atoms with van der Waals surface area (Å²) in [7, 11) is 1.44. The van der Waals surface area contributed by atoms with Crippen molar-refractivity contribution in [1.82, 2.24) is 0 Å². The number of ether oxygens (including phenoxy) is 2. The van der Waals surface area contributed by atoms with Crippen LogP contribution < -0.4 is 14.4 Å². The molecule has 1 aliphatic heterocycles. The van der Waals surface area contributed by atoms with Crippen molar-refractivity contribution < 1.29 is 23.9 Å². The van der Waals surface area contributed by atoms with Gasteiger partial charge in [0.1, 0.15) is 0 Å². The lowest BCUT2D eigenvalue weighted by Gasteiger charge is -2.28. The van der Waals surface area contributed by atoms with Gasteiger partial charge in [0.2, 0.25) is 5.91 Å². The van der Waals surface area contributed by atoms with Gasteiger partial charge in [-0.05, 0) is 37.3 Å². The number of anilines is 1. The molecule has 0 bridgehead atoms. The van der Waals surface area contributed by atoms with Crippen molar-refractivity contribution >= 4 is 35.1 Å². The molecule has 7 heteroatoms. The zero-order valence-corrected chi connectivity index (χ0v) is 15.9. The van der Waals surface area contributed by atoms with Gasteiger partial charge in [0.25, 0.3) is 0 Å². The van der Waals surface area contributed by atoms with Crippen LogP contribution >= 0.6 is 11.8 Å². The van der Waals surface area contributed by atoms with E-state index in [0.29, 0.717) is 17.1 Å². The Kier molecular flexibility index (Phi) is 5.81. The molecule has 0 fully saturated rings. The van der Waals surface area contributed by atoms with Crippen LogP contribution in [-0.2, 0) is 9.59 Å². The first kappa shape index (κ1) is 19.0. The Labute approximate surface area is 161 Å². The van der Waals surface area contributed by atoms with E-state index < -0.39 is 5.97 Å². The number of hydrogen-bond donors (Lipinski definition) is 0. The lowest BCUT2D eigenvalue weighted by Crippen LogP contribution is -2.37. The van der Waals surface area contributed by atoms with Crippen molar-refractivity contribution in [2.45, 2.75) is 18.2 Å². The minimum absolute atomic E-state index is 0.0325. The van der Waals surface area contributed by atoms with Gasteiger partial charge < -0.3 is 14.4 Å². The fraction of sp³-hybridized carbons (Fsp3) is 0.250. The monoisotopic (exact) mass is 385 g/mol. The van der Waals surface area contributed by atoms with Crippen LogP contribution in [0, 0.1) is 0 Å². The van der Waals surface area contributed by atoms with Crippen molar-refractivity contribution in [3.05, 3.63) is 48.0 Å². The number of esters is 1. The summed E-state index contributed by atoms with van der Waals surface area (Å²) in [6.07, 6.45) is 0.0440. The number of nitrogens with zero attached hydrogens (tertiary/aromatic N) is 1. The highest BCUT2D eigenvalue weighted by Gasteiger charge is 2.25. The van der Waals surface area contributed by atoms with Gasteiger partial charge in [-0.2, -0.15) is 0 Å². The summed E-state index contributed by atoms with van der Waals surface area (Å²) in [6, 6.07) is 12.3. The Morgan fingerprint density at radius 3 is 2.67 bits per heavy atom. The molecular formula is C20H19NO5S. The van der Waals surface area contributed by atoms with Crippen LogP contribution in [-0.4, -0.2) is 37.1 Å². The van der Waals surface area contributed by atoms with Crippen LogP contribution in [0.1, 0.15) is 23.7 Å². The van der Waals surface area contributed by atoms with Gasteiger partial charge in [0, 0.05) is 17.0 Å². The standard InChI is InChI=1S/C20H19NO5S/c1-13(22)14-7-8-16(17(11-14)25-2)26-20(24)9-10-21-15-5-3-4-6-18(15)27-12-19(21)23/h3-8,11H,9-10,12H2,1-2H3. The van der Waals surface area contributed by atoms with E-state index in [9.17, 15) is 14.4 Å². The molecule has 1 heterocycles. The fourth-order valence-electron chi connectivity index (χ4n) is 2.75. The summed E-state index contributed by atoms with van der Waals surface area (Å²) >= 11 is 1.49. The Morgan fingerprint density at radius 2 is 1.93 bits per heavy atom. The highest BCUT2D eigenvalue weighted by Crippen LogP contribution is 2.35. The van der Waals surface area contributed by atoms with Gasteiger partial charge in [-0.15, -0.1) is 11.8 Å². The first-order valence-corrected chi connectivity index (χ1v) is 9.40. The predicted molar refractivity (Wildman–Crippen MR) is 103 cm³/mol. The summed E-state index contributed by atoms with van der Waals surface area (Å²) in [5.41, 5.74) is 1.29. The van der Waals surface area contributed by atoms with Crippen LogP contribution in [0.25, 0.3) is 0 Å². The zero-order valence-electron chi connectivity index (χ0n) is 15.1. The second kappa shape index (κ2) is 8.26. The molecule has 0 saturated carbocycles. The number of amides is 1. The van der Waals surface area contributed by atoms with Crippen molar-refractivity contribution in [3.8, 4) is 11.5 Å². The number of fused-ring (bicyclic) bond motifs is 1. The van der Waals surface area contributed by atoms with Crippen LogP contribution in [0.5, 0.6) is 11.5 Å². The second-order valence-corrected chi connectivity index (χ2v) is 6.96. The summed E-state index contributed by atoms with van der Waals surface area (Å²) < 4.78 is 10.6. The van der Waals surface area contributed by atoms with E-state index in [0.717, 1.165) is 10.6 Å². The molecule has 0 aromatic heterocycles. The van der Waals surface area contributed by atoms with Gasteiger partial charge in [0.05, 0.1) is 25.0 Å². The Bertz CT molecular complexity index is 896. The maximum atomic E-state index is 12.3. The van der Waals surface area contributed by atoms with E-state index in [4.69, 9.17) is 9.47 Å². The summed E-state index contributed by atoms with van der Waals surface area (Å²) in [6.45, 7) is 1.69. The van der Waals surface area contributed by atoms with E-state index in [1.54, 1.807) is 11.0 Å². The van der Waals surface area contributed by atoms with Gasteiger partial charge in [-0.1, -0.05) is 12.1 Å². The molecule has 0 aliphatic carbocycles. The minimum atomic E-state index is -0.479. The molecule has 27 heavy (non-hydrogen) atoms. The molecule has 0 unspecified atom stereocenters. The molecule has 6 nitrogen and oxygen atoms in total. The normalized spacial score (nSPS) is 13.1. The third kappa shape index (κ3) is 4.31. The number of hydrogen-bond acceptors (Lipinski definition) is 6. The van der Waals surface area contributed by atoms with Gasteiger partial charge in [-0.3, -0.25) is 14.4 Å². The first-order valence-electron chi connectivity index (χ1n) is 8.41. The van der Waals surface area contributed by atoms with Crippen LogP contribution in [0.4, 0.5) is 5.69 Å². The SMILES string of the molecule is COc1cc(C(C)=O)ccc1OC(=O)CCN1C(=O)CSc2ccccc21. The summed E-state index contributed by atoms with van der Waals surface area (Å²) in [5.74, 6) is 0.292. The van der Waals surface area contributed by atoms with E-state index >= 15 is 0 Å². The summed E-state index contributed by atoms with van der Waals surface area (Å²) in [4.78, 5) is 38.6. The molecule has 140 valence electrons. The number of carbonyl (C=O) groups excluding carboxylic acids is 3. The molecule has 2 aromatic carbocycles. The Morgan fingerprint density at radius 1 is 1.15 bits per heavy atom. The maximum Gasteiger partial charge on any atom is 0.313 e. The van der Waals surface area contributed by atoms with E-state index in [-0.39, 0.29) is 30.4 Å². The fourth-order valence-corrected chi connectivity index (χ4v) is 3.68. The van der Waals surface area contributed by atoms with Crippen LogP contribution in [0.2, 0.25) is 0 Å². The van der Waals surface area contributed by atoms with E-state index in [1.807, 2.05) is 24.3 Å². The van der Waals surface area contributed by atoms with Crippen molar-refractivity contribution in [3.63, 3.8) is 0 Å². The second-order valence-electron chi connectivity index (χ2n) is 5.95. The molecule has 0 atom stereocenters. The number of rotatable bonds is 6. The minimum Gasteiger partial charge on any atom is -0.493 e. The molecule has 0 spiro atoms. The Hall–Kier alpha value is -2.80. The lowest BCUT2D eigenvalue weighted by molar-refractivity contribution is -0.134. The van der Waals surface area contributed by atoms with E-state index in [2.05, 4.69) is 0 Å². The molecule has 1 aliphatic rings. The molecule has 0 saturated heterocycles. The number of Topliss-reactive ketones (excluding diaryl/α,β-unsaturated/α-hetero) is 1. The average Bonchev–Trinajstić information content (AvgIpc) is 2.67. The topological polar surface area (TPSA) is 72.9 Å². The largest absolute Gasteiger partial charge is 0.493 e. The van der Waals surface area contributed by atoms with Gasteiger partial charge >= 0.3 is 5.97 Å². The third-order valence-corrected chi connectivity index (χ3v) is 5.19. The average molecular weight is 385 g/mol. The lowest BCUT2D eigenvalue weighted by atomic mass is 10.1. The molecule has 3 rings (SSSR count). The van der Waals surface area contributed by atoms with Crippen molar-refractivity contribution in [2.24, 2.45) is 0 Å². The number of ketones is 1. The predicted octanol–water partition coefficient (Wildman–Crippen LogP) is 3.33. The molecule has 2 aromatic rings. The molecule has 1 amide bonds. The number of methoxy groups -OCH3 is 1. The maximum absolute atomic E-state index is 12.3. The third-order valence-electron chi connectivity index (χ3n) is 4.14. The highest BCUT2D eigenvalue weighted by molar-refractivity contribution is 8.00. The van der Waals surface area contributed by atoms with Crippen molar-refractivity contribution in [1.29, 1.82) is 0 Å². The highest BCUT2D eigenvalue weighted by atomic mass is 32.2. The molecular weight excluding hydrogens is 366 g/mol. The number of para-hydroxylation sites is 1. The van der Waals surface area contributed by atoms with Crippen molar-refractivity contribution in [2.75, 3.05) is 24.3 Å². The van der Waals surface area contributed by atoms with Crippen LogP contribution in [0.3, 0.4) is 0 Å². The summed E-state index contributed by atoms with van der Waals surface area (Å²) in [5, 5.41) is 0. The number of thioether (sulfide) groups is 1. The van der Waals surface area contributed by atoms with Gasteiger partial charge in [0.15, 0.2) is 17.3 Å². The van der Waals surface area contributed by atoms with Crippen LogP contribution in [0.15, 0.2) is 47.4 Å². The smallest absolute Gasteiger partial charge is 0.313 e. The van der Waals surface area contributed by atoms with E-state index in [1.165, 1.54) is 37.9 Å². The number of benzene rings is 2. The zero-order chi connectivity index (χ0) is 19.4. The number of carbonyl (C=O) groups is 3. The Balaban J connectivity index is 1.67.